The van der Waals surface area contributed by atoms with Gasteiger partial charge in [0.05, 0.1) is 5.56 Å². The molecular formula is C16H19BrN2O7S. The number of thioether (sulfide) groups is 1. The molecule has 1 aromatic rings. The number of carbonyl (C=O) groups excluding carboxylic acids is 2. The predicted octanol–water partition coefficient (Wildman–Crippen LogP) is 1.33. The molecule has 1 aliphatic rings. The number of cyclic esters (lactones) is 1. The fraction of sp³-hybridized carbons (Fsp3) is 0.438. The smallest absolute Gasteiger partial charge is 0.405 e. The van der Waals surface area contributed by atoms with Crippen molar-refractivity contribution in [2.45, 2.75) is 24.8 Å². The van der Waals surface area contributed by atoms with Crippen molar-refractivity contribution in [2.75, 3.05) is 17.7 Å². The number of aromatic hydroxyl groups is 2. The predicted molar refractivity (Wildman–Crippen MR) is 102 cm³/mol. The third-order valence-corrected chi connectivity index (χ3v) is 5.85. The number of phenols is 2. The number of phenolic OH excluding ortho intramolecular Hbond substituents is 2. The van der Waals surface area contributed by atoms with Gasteiger partial charge in [-0.05, 0) is 6.92 Å². The van der Waals surface area contributed by atoms with Crippen LogP contribution in [-0.2, 0) is 15.3 Å². The highest BCUT2D eigenvalue weighted by molar-refractivity contribution is 9.09. The zero-order valence-corrected chi connectivity index (χ0v) is 16.7. The number of esters is 1. The lowest BCUT2D eigenvalue weighted by atomic mass is 10.0. The number of carboxylic acid groups (broad SMARTS) is 1. The van der Waals surface area contributed by atoms with Gasteiger partial charge in [-0.25, -0.2) is 9.59 Å². The highest BCUT2D eigenvalue weighted by atomic mass is 79.9. The number of alkyl halides is 1. The third-order valence-electron chi connectivity index (χ3n) is 3.94. The van der Waals surface area contributed by atoms with E-state index in [9.17, 15) is 24.6 Å². The van der Waals surface area contributed by atoms with Crippen LogP contribution in [0.4, 0.5) is 4.79 Å². The van der Waals surface area contributed by atoms with Crippen LogP contribution >= 0.6 is 27.7 Å². The van der Waals surface area contributed by atoms with E-state index in [0.717, 1.165) is 6.07 Å². The molecule has 11 heteroatoms. The molecule has 0 aromatic heterocycles. The molecule has 0 aliphatic carbocycles. The summed E-state index contributed by atoms with van der Waals surface area (Å²) in [6.45, 7) is 0.973. The van der Waals surface area contributed by atoms with Gasteiger partial charge in [-0.15, -0.1) is 0 Å². The van der Waals surface area contributed by atoms with E-state index in [-0.39, 0.29) is 34.4 Å². The van der Waals surface area contributed by atoms with Gasteiger partial charge in [-0.3, -0.25) is 4.79 Å². The lowest BCUT2D eigenvalue weighted by molar-refractivity contribution is -0.124. The Balaban J connectivity index is 2.42. The fourth-order valence-electron chi connectivity index (χ4n) is 2.52. The number of hydrogen-bond acceptors (Lipinski definition) is 7. The van der Waals surface area contributed by atoms with E-state index in [4.69, 9.17) is 9.84 Å². The van der Waals surface area contributed by atoms with Crippen LogP contribution in [0.5, 0.6) is 11.5 Å². The molecule has 1 aliphatic heterocycles. The monoisotopic (exact) mass is 462 g/mol. The molecule has 0 saturated heterocycles. The average molecular weight is 463 g/mol. The number of fused-ring (bicyclic) bond motifs is 1. The van der Waals surface area contributed by atoms with Gasteiger partial charge in [0.25, 0.3) is 0 Å². The molecule has 9 nitrogen and oxygen atoms in total. The summed E-state index contributed by atoms with van der Waals surface area (Å²) in [5.41, 5.74) is 0.545. The van der Waals surface area contributed by atoms with Crippen molar-refractivity contribution in [1.82, 2.24) is 10.6 Å². The van der Waals surface area contributed by atoms with Crippen LogP contribution in [0.3, 0.4) is 0 Å². The molecule has 5 N–H and O–H groups in total. The number of hydrogen-bond donors (Lipinski definition) is 5. The lowest BCUT2D eigenvalue weighted by Crippen LogP contribution is -2.52. The van der Waals surface area contributed by atoms with Crippen LogP contribution in [-0.4, -0.2) is 63.1 Å². The summed E-state index contributed by atoms with van der Waals surface area (Å²) >= 11 is 4.65. The number of amides is 2. The Hall–Kier alpha value is -2.14. The molecule has 2 atom stereocenters. The molecule has 2 amide bonds. The van der Waals surface area contributed by atoms with Gasteiger partial charge in [0, 0.05) is 40.1 Å². The molecule has 0 bridgehead atoms. The first-order valence-electron chi connectivity index (χ1n) is 7.89. The van der Waals surface area contributed by atoms with Crippen LogP contribution in [0.25, 0.3) is 0 Å². The second-order valence-corrected chi connectivity index (χ2v) is 7.55. The summed E-state index contributed by atoms with van der Waals surface area (Å²) in [5.74, 6) is -1.28. The van der Waals surface area contributed by atoms with Gasteiger partial charge in [0.2, 0.25) is 5.91 Å². The second-order valence-electron chi connectivity index (χ2n) is 5.87. The van der Waals surface area contributed by atoms with E-state index < -0.39 is 30.6 Å². The first-order chi connectivity index (χ1) is 12.7. The van der Waals surface area contributed by atoms with Gasteiger partial charge in [0.15, 0.2) is 0 Å². The van der Waals surface area contributed by atoms with E-state index in [0.29, 0.717) is 16.6 Å². The van der Waals surface area contributed by atoms with Gasteiger partial charge in [-0.2, -0.15) is 11.8 Å². The third kappa shape index (κ3) is 5.19. The maximum Gasteiger partial charge on any atom is 0.405 e. The van der Waals surface area contributed by atoms with Crippen molar-refractivity contribution < 1.29 is 34.4 Å². The zero-order valence-electron chi connectivity index (χ0n) is 14.3. The lowest BCUT2D eigenvalue weighted by Gasteiger charge is -2.23. The summed E-state index contributed by atoms with van der Waals surface area (Å²) < 4.78 is 5.12. The zero-order chi connectivity index (χ0) is 20.1. The van der Waals surface area contributed by atoms with Crippen LogP contribution in [0.1, 0.15) is 21.5 Å². The summed E-state index contributed by atoms with van der Waals surface area (Å²) in [4.78, 5) is 35.8. The van der Waals surface area contributed by atoms with Crippen LogP contribution in [0.15, 0.2) is 6.07 Å². The first kappa shape index (κ1) is 21.2. The highest BCUT2D eigenvalue weighted by Gasteiger charge is 2.28. The minimum Gasteiger partial charge on any atom is -0.508 e. The maximum absolute atomic E-state index is 12.5. The van der Waals surface area contributed by atoms with Gasteiger partial charge in [0.1, 0.15) is 24.1 Å². The SMILES string of the molecule is Cc1c(O)cc(O)c2c1C(=O)OCC(NC(=O)O)C(=O)NC(CBr)CSC2. The Morgan fingerprint density at radius 3 is 2.74 bits per heavy atom. The summed E-state index contributed by atoms with van der Waals surface area (Å²) in [7, 11) is 0. The summed E-state index contributed by atoms with van der Waals surface area (Å²) in [5, 5.41) is 34.1. The summed E-state index contributed by atoms with van der Waals surface area (Å²) in [6.07, 6.45) is -1.44. The average Bonchev–Trinajstić information content (AvgIpc) is 2.60. The van der Waals surface area contributed by atoms with E-state index in [1.807, 2.05) is 5.32 Å². The molecule has 0 saturated carbocycles. The normalized spacial score (nSPS) is 21.1. The molecule has 27 heavy (non-hydrogen) atoms. The number of halogens is 1. The Bertz CT molecular complexity index is 759. The van der Waals surface area contributed by atoms with E-state index in [2.05, 4.69) is 21.2 Å². The molecule has 0 spiro atoms. The minimum atomic E-state index is -1.44. The fourth-order valence-corrected chi connectivity index (χ4v) is 4.32. The Morgan fingerprint density at radius 1 is 1.41 bits per heavy atom. The largest absolute Gasteiger partial charge is 0.508 e. The molecule has 1 heterocycles. The highest BCUT2D eigenvalue weighted by Crippen LogP contribution is 2.35. The quantitative estimate of drug-likeness (QED) is 0.326. The molecule has 1 aromatic carbocycles. The maximum atomic E-state index is 12.5. The molecular weight excluding hydrogens is 444 g/mol. The summed E-state index contributed by atoms with van der Waals surface area (Å²) in [6, 6.07) is -0.446. The first-order valence-corrected chi connectivity index (χ1v) is 10.2. The Kier molecular flexibility index (Phi) is 7.19. The Labute approximate surface area is 167 Å². The second kappa shape index (κ2) is 9.18. The van der Waals surface area contributed by atoms with Gasteiger partial charge >= 0.3 is 12.1 Å². The number of nitrogens with one attached hydrogen (secondary N) is 2. The van der Waals surface area contributed by atoms with E-state index in [1.165, 1.54) is 18.7 Å². The van der Waals surface area contributed by atoms with Crippen molar-refractivity contribution in [1.29, 1.82) is 0 Å². The van der Waals surface area contributed by atoms with Crippen molar-refractivity contribution in [3.8, 4) is 11.5 Å². The number of benzene rings is 1. The van der Waals surface area contributed by atoms with Crippen LogP contribution in [0.2, 0.25) is 0 Å². The number of rotatable bonds is 2. The van der Waals surface area contributed by atoms with E-state index in [1.54, 1.807) is 0 Å². The van der Waals surface area contributed by atoms with Crippen molar-refractivity contribution in [3.63, 3.8) is 0 Å². The molecule has 2 unspecified atom stereocenters. The van der Waals surface area contributed by atoms with Crippen molar-refractivity contribution in [2.24, 2.45) is 0 Å². The standard InChI is InChI=1S/C16H19BrN2O7S/c1-7-11(20)2-12(21)9-6-27-5-8(3-17)18-14(22)10(19-16(24)25)4-26-15(23)13(7)9/h2,8,10,19-21H,3-6H2,1H3,(H,18,22)(H,24,25). The molecule has 2 rings (SSSR count). The molecule has 148 valence electrons. The van der Waals surface area contributed by atoms with Gasteiger partial charge < -0.3 is 30.7 Å². The number of ether oxygens (including phenoxy) is 1. The Morgan fingerprint density at radius 2 is 2.11 bits per heavy atom. The molecule has 0 fully saturated rings. The molecule has 0 radical (unpaired) electrons. The van der Waals surface area contributed by atoms with Crippen LogP contribution < -0.4 is 10.6 Å². The van der Waals surface area contributed by atoms with Crippen molar-refractivity contribution in [3.05, 3.63) is 22.8 Å². The van der Waals surface area contributed by atoms with E-state index >= 15 is 0 Å². The number of carbonyl (C=O) groups is 3. The van der Waals surface area contributed by atoms with Gasteiger partial charge in [-0.1, -0.05) is 15.9 Å². The van der Waals surface area contributed by atoms with Crippen LogP contribution in [0, 0.1) is 6.92 Å². The minimum absolute atomic E-state index is 0.00505. The van der Waals surface area contributed by atoms with Crippen molar-refractivity contribution >= 4 is 45.7 Å². The topological polar surface area (TPSA) is 145 Å².